The zero-order chi connectivity index (χ0) is 19.9. The number of amides is 1. The molecule has 3 aromatic rings. The molecule has 28 heavy (non-hydrogen) atoms. The van der Waals surface area contributed by atoms with Gasteiger partial charge >= 0.3 is 0 Å². The second-order valence-electron chi connectivity index (χ2n) is 6.18. The predicted molar refractivity (Wildman–Crippen MR) is 106 cm³/mol. The number of rotatable bonds is 8. The van der Waals surface area contributed by atoms with Gasteiger partial charge in [-0.15, -0.1) is 0 Å². The van der Waals surface area contributed by atoms with E-state index < -0.39 is 0 Å². The molecule has 0 unspecified atom stereocenters. The van der Waals surface area contributed by atoms with Crippen LogP contribution in [0, 0.1) is 0 Å². The summed E-state index contributed by atoms with van der Waals surface area (Å²) in [5, 5.41) is 6.85. The van der Waals surface area contributed by atoms with Crippen molar-refractivity contribution in [3.05, 3.63) is 53.9 Å². The molecule has 0 saturated heterocycles. The summed E-state index contributed by atoms with van der Waals surface area (Å²) in [7, 11) is 3.14. The van der Waals surface area contributed by atoms with Gasteiger partial charge in [0.25, 0.3) is 0 Å². The molecule has 0 aliphatic carbocycles. The maximum Gasteiger partial charge on any atom is 0.227 e. The first kappa shape index (κ1) is 19.4. The van der Waals surface area contributed by atoms with Crippen molar-refractivity contribution in [1.82, 2.24) is 10.1 Å². The standard InChI is InChI=1S/C21H23N3O4/c1-4-14-5-8-16(9-6-14)22-19(25)11-12-20-23-21(24-28-20)15-7-10-17(26-2)18(13-15)27-3/h5-10,13H,4,11-12H2,1-3H3,(H,22,25). The average molecular weight is 381 g/mol. The lowest BCUT2D eigenvalue weighted by molar-refractivity contribution is -0.116. The van der Waals surface area contributed by atoms with Crippen LogP contribution in [-0.4, -0.2) is 30.3 Å². The number of anilines is 1. The van der Waals surface area contributed by atoms with E-state index in [1.807, 2.05) is 30.3 Å². The van der Waals surface area contributed by atoms with E-state index in [1.54, 1.807) is 26.4 Å². The van der Waals surface area contributed by atoms with E-state index in [1.165, 1.54) is 5.56 Å². The molecule has 146 valence electrons. The molecule has 1 amide bonds. The Bertz CT molecular complexity index is 935. The topological polar surface area (TPSA) is 86.5 Å². The fourth-order valence-corrected chi connectivity index (χ4v) is 2.72. The van der Waals surface area contributed by atoms with E-state index in [4.69, 9.17) is 14.0 Å². The van der Waals surface area contributed by atoms with Crippen LogP contribution in [0.5, 0.6) is 11.5 Å². The molecule has 0 aliphatic heterocycles. The number of ether oxygens (including phenoxy) is 2. The Morgan fingerprint density at radius 3 is 2.50 bits per heavy atom. The number of carbonyl (C=O) groups is 1. The first-order valence-corrected chi connectivity index (χ1v) is 9.06. The third-order valence-electron chi connectivity index (χ3n) is 4.32. The molecule has 0 saturated carbocycles. The number of nitrogens with one attached hydrogen (secondary N) is 1. The lowest BCUT2D eigenvalue weighted by atomic mass is 10.1. The predicted octanol–water partition coefficient (Wildman–Crippen LogP) is 3.89. The average Bonchev–Trinajstić information content (AvgIpc) is 3.21. The Morgan fingerprint density at radius 2 is 1.82 bits per heavy atom. The van der Waals surface area contributed by atoms with Crippen LogP contribution < -0.4 is 14.8 Å². The quantitative estimate of drug-likeness (QED) is 0.637. The molecule has 7 nitrogen and oxygen atoms in total. The molecule has 1 aromatic heterocycles. The number of methoxy groups -OCH3 is 2. The van der Waals surface area contributed by atoms with E-state index in [0.29, 0.717) is 29.6 Å². The molecule has 2 aromatic carbocycles. The summed E-state index contributed by atoms with van der Waals surface area (Å²) in [5.74, 6) is 1.95. The summed E-state index contributed by atoms with van der Waals surface area (Å²) >= 11 is 0. The van der Waals surface area contributed by atoms with E-state index in [0.717, 1.165) is 17.7 Å². The van der Waals surface area contributed by atoms with Gasteiger partial charge in [0.15, 0.2) is 11.5 Å². The summed E-state index contributed by atoms with van der Waals surface area (Å²) < 4.78 is 15.8. The van der Waals surface area contributed by atoms with Crippen LogP contribution in [0.4, 0.5) is 5.69 Å². The minimum atomic E-state index is -0.102. The van der Waals surface area contributed by atoms with Gasteiger partial charge in [-0.1, -0.05) is 24.2 Å². The van der Waals surface area contributed by atoms with E-state index >= 15 is 0 Å². The Balaban J connectivity index is 1.59. The maximum atomic E-state index is 12.1. The number of benzene rings is 2. The Kier molecular flexibility index (Phi) is 6.26. The highest BCUT2D eigenvalue weighted by Gasteiger charge is 2.13. The smallest absolute Gasteiger partial charge is 0.227 e. The normalized spacial score (nSPS) is 10.5. The van der Waals surface area contributed by atoms with Crippen molar-refractivity contribution in [3.63, 3.8) is 0 Å². The minimum Gasteiger partial charge on any atom is -0.493 e. The minimum absolute atomic E-state index is 0.102. The van der Waals surface area contributed by atoms with E-state index in [2.05, 4.69) is 22.4 Å². The highest BCUT2D eigenvalue weighted by Crippen LogP contribution is 2.31. The number of hydrogen-bond donors (Lipinski definition) is 1. The maximum absolute atomic E-state index is 12.1. The molecule has 0 fully saturated rings. The highest BCUT2D eigenvalue weighted by atomic mass is 16.5. The number of nitrogens with zero attached hydrogens (tertiary/aromatic N) is 2. The van der Waals surface area contributed by atoms with Crippen LogP contribution in [0.25, 0.3) is 11.4 Å². The van der Waals surface area contributed by atoms with Crippen molar-refractivity contribution in [2.24, 2.45) is 0 Å². The molecule has 1 heterocycles. The molecule has 0 bridgehead atoms. The largest absolute Gasteiger partial charge is 0.493 e. The van der Waals surface area contributed by atoms with Gasteiger partial charge in [-0.2, -0.15) is 4.98 Å². The van der Waals surface area contributed by atoms with Crippen molar-refractivity contribution in [1.29, 1.82) is 0 Å². The van der Waals surface area contributed by atoms with Gasteiger partial charge < -0.3 is 19.3 Å². The second-order valence-corrected chi connectivity index (χ2v) is 6.18. The third-order valence-corrected chi connectivity index (χ3v) is 4.32. The van der Waals surface area contributed by atoms with Crippen LogP contribution in [-0.2, 0) is 17.6 Å². The van der Waals surface area contributed by atoms with Gasteiger partial charge in [-0.3, -0.25) is 4.79 Å². The van der Waals surface area contributed by atoms with E-state index in [-0.39, 0.29) is 12.3 Å². The fourth-order valence-electron chi connectivity index (χ4n) is 2.72. The first-order valence-electron chi connectivity index (χ1n) is 9.06. The summed E-state index contributed by atoms with van der Waals surface area (Å²) in [6.07, 6.45) is 1.58. The van der Waals surface area contributed by atoms with Gasteiger partial charge in [0.05, 0.1) is 14.2 Å². The lowest BCUT2D eigenvalue weighted by Crippen LogP contribution is -2.12. The molecule has 0 spiro atoms. The molecule has 0 aliphatic rings. The van der Waals surface area contributed by atoms with Crippen molar-refractivity contribution in [3.8, 4) is 22.9 Å². The Labute approximate surface area is 163 Å². The Morgan fingerprint density at radius 1 is 1.07 bits per heavy atom. The van der Waals surface area contributed by atoms with Crippen molar-refractivity contribution in [2.75, 3.05) is 19.5 Å². The van der Waals surface area contributed by atoms with Crippen LogP contribution in [0.15, 0.2) is 47.0 Å². The van der Waals surface area contributed by atoms with Gasteiger partial charge in [0.1, 0.15) is 0 Å². The van der Waals surface area contributed by atoms with Crippen molar-refractivity contribution in [2.45, 2.75) is 26.2 Å². The van der Waals surface area contributed by atoms with Crippen LogP contribution in [0.2, 0.25) is 0 Å². The molecule has 0 radical (unpaired) electrons. The molecular formula is C21H23N3O4. The fraction of sp³-hybridized carbons (Fsp3) is 0.286. The van der Waals surface area contributed by atoms with Crippen LogP contribution in [0.3, 0.4) is 0 Å². The molecule has 0 atom stereocenters. The molecule has 3 rings (SSSR count). The number of aryl methyl sites for hydroxylation is 2. The summed E-state index contributed by atoms with van der Waals surface area (Å²) in [4.78, 5) is 16.5. The van der Waals surface area contributed by atoms with Gasteiger partial charge in [0, 0.05) is 24.1 Å². The summed E-state index contributed by atoms with van der Waals surface area (Å²) in [6, 6.07) is 13.2. The van der Waals surface area contributed by atoms with E-state index in [9.17, 15) is 4.79 Å². The monoisotopic (exact) mass is 381 g/mol. The molecule has 7 heteroatoms. The highest BCUT2D eigenvalue weighted by molar-refractivity contribution is 5.90. The number of carbonyl (C=O) groups excluding carboxylic acids is 1. The van der Waals surface area contributed by atoms with Crippen LogP contribution >= 0.6 is 0 Å². The van der Waals surface area contributed by atoms with Crippen molar-refractivity contribution < 1.29 is 18.8 Å². The summed E-state index contributed by atoms with van der Waals surface area (Å²) in [6.45, 7) is 2.09. The lowest BCUT2D eigenvalue weighted by Gasteiger charge is -2.07. The number of hydrogen-bond acceptors (Lipinski definition) is 6. The molecule has 1 N–H and O–H groups in total. The second kappa shape index (κ2) is 9.03. The number of aromatic nitrogens is 2. The van der Waals surface area contributed by atoms with Gasteiger partial charge in [-0.25, -0.2) is 0 Å². The summed E-state index contributed by atoms with van der Waals surface area (Å²) in [5.41, 5.74) is 2.75. The third kappa shape index (κ3) is 4.68. The van der Waals surface area contributed by atoms with Gasteiger partial charge in [-0.05, 0) is 42.3 Å². The zero-order valence-electron chi connectivity index (χ0n) is 16.2. The SMILES string of the molecule is CCc1ccc(NC(=O)CCc2nc(-c3ccc(OC)c(OC)c3)no2)cc1. The molecular weight excluding hydrogens is 358 g/mol. The van der Waals surface area contributed by atoms with Gasteiger partial charge in [0.2, 0.25) is 17.6 Å². The van der Waals surface area contributed by atoms with Crippen LogP contribution in [0.1, 0.15) is 24.8 Å². The zero-order valence-corrected chi connectivity index (χ0v) is 16.2. The Hall–Kier alpha value is -3.35. The first-order chi connectivity index (χ1) is 13.6. The van der Waals surface area contributed by atoms with Crippen molar-refractivity contribution >= 4 is 11.6 Å².